The highest BCUT2D eigenvalue weighted by Gasteiger charge is 2.27. The molecule has 0 heterocycles. The number of non-ortho nitro benzene ring substituents is 1. The number of nitro benzene ring substituents is 1. The third kappa shape index (κ3) is 6.29. The molecular weight excluding hydrogens is 401 g/mol. The van der Waals surface area contributed by atoms with Gasteiger partial charge >= 0.3 is 6.18 Å². The maximum absolute atomic E-state index is 12.4. The molecule has 0 radical (unpaired) electrons. The lowest BCUT2D eigenvalue weighted by Crippen LogP contribution is -2.24. The van der Waals surface area contributed by atoms with Crippen molar-refractivity contribution in [1.82, 2.24) is 4.72 Å². The minimum Gasteiger partial charge on any atom is -0.367 e. The smallest absolute Gasteiger partial charge is 0.367 e. The number of ether oxygens (including phenoxy) is 1. The largest absolute Gasteiger partial charge is 0.411 e. The molecular formula is C17H17F3N2O5S. The SMILES string of the molecule is Cc1ccc([N+](=O)[O-])cc1S(=O)(=O)NCc1ccc(COCC(F)(F)F)cc1. The molecule has 152 valence electrons. The van der Waals surface area contributed by atoms with E-state index in [1.54, 1.807) is 12.1 Å². The highest BCUT2D eigenvalue weighted by molar-refractivity contribution is 7.89. The van der Waals surface area contributed by atoms with Gasteiger partial charge in [0.1, 0.15) is 6.61 Å². The van der Waals surface area contributed by atoms with E-state index in [9.17, 15) is 31.7 Å². The first kappa shape index (κ1) is 21.8. The minimum absolute atomic E-state index is 0.0891. The molecule has 0 unspecified atom stereocenters. The van der Waals surface area contributed by atoms with Crippen molar-refractivity contribution < 1.29 is 31.2 Å². The number of rotatable bonds is 8. The molecule has 1 N–H and O–H groups in total. The Morgan fingerprint density at radius 1 is 1.11 bits per heavy atom. The van der Waals surface area contributed by atoms with Crippen LogP contribution in [0.2, 0.25) is 0 Å². The van der Waals surface area contributed by atoms with Gasteiger partial charge in [-0.15, -0.1) is 0 Å². The van der Waals surface area contributed by atoms with E-state index < -0.39 is 27.7 Å². The number of hydrogen-bond acceptors (Lipinski definition) is 5. The Labute approximate surface area is 159 Å². The van der Waals surface area contributed by atoms with Gasteiger partial charge in [-0.1, -0.05) is 30.3 Å². The van der Waals surface area contributed by atoms with Crippen molar-refractivity contribution in [3.8, 4) is 0 Å². The van der Waals surface area contributed by atoms with E-state index in [4.69, 9.17) is 0 Å². The Kier molecular flexibility index (Phi) is 6.75. The molecule has 0 saturated carbocycles. The standard InChI is InChI=1S/C17H17F3N2O5S/c1-12-2-7-15(22(23)24)8-16(12)28(25,26)21-9-13-3-5-14(6-4-13)10-27-11-17(18,19)20/h2-8,21H,9-11H2,1H3. The normalized spacial score (nSPS) is 12.1. The Balaban J connectivity index is 2.01. The topological polar surface area (TPSA) is 98.5 Å². The summed E-state index contributed by atoms with van der Waals surface area (Å²) in [5, 5.41) is 10.9. The van der Waals surface area contributed by atoms with Crippen LogP contribution in [0.3, 0.4) is 0 Å². The fraction of sp³-hybridized carbons (Fsp3) is 0.294. The molecule has 11 heteroatoms. The Morgan fingerprint density at radius 3 is 2.29 bits per heavy atom. The number of sulfonamides is 1. The molecule has 2 aromatic rings. The first-order chi connectivity index (χ1) is 13.0. The average molecular weight is 418 g/mol. The predicted octanol–water partition coefficient (Wildman–Crippen LogP) is 3.46. The monoisotopic (exact) mass is 418 g/mol. The van der Waals surface area contributed by atoms with Crippen LogP contribution in [0.5, 0.6) is 0 Å². The highest BCUT2D eigenvalue weighted by atomic mass is 32.2. The van der Waals surface area contributed by atoms with E-state index in [0.717, 1.165) is 6.07 Å². The predicted molar refractivity (Wildman–Crippen MR) is 94.0 cm³/mol. The molecule has 0 fully saturated rings. The molecule has 0 aliphatic rings. The lowest BCUT2D eigenvalue weighted by molar-refractivity contribution is -0.385. The molecule has 2 aromatic carbocycles. The van der Waals surface area contributed by atoms with E-state index >= 15 is 0 Å². The van der Waals surface area contributed by atoms with Crippen molar-refractivity contribution in [2.45, 2.75) is 31.1 Å². The zero-order valence-electron chi connectivity index (χ0n) is 14.7. The molecule has 0 aromatic heterocycles. The number of hydrogen-bond donors (Lipinski definition) is 1. The molecule has 0 aliphatic heterocycles. The molecule has 0 bridgehead atoms. The zero-order chi connectivity index (χ0) is 20.9. The molecule has 2 rings (SSSR count). The number of benzene rings is 2. The fourth-order valence-corrected chi connectivity index (χ4v) is 3.57. The summed E-state index contributed by atoms with van der Waals surface area (Å²) in [6, 6.07) is 9.70. The molecule has 0 spiro atoms. The lowest BCUT2D eigenvalue weighted by atomic mass is 10.1. The third-order valence-corrected chi connectivity index (χ3v) is 5.24. The zero-order valence-corrected chi connectivity index (χ0v) is 15.5. The quantitative estimate of drug-likeness (QED) is 0.523. The minimum atomic E-state index is -4.40. The number of nitro groups is 1. The van der Waals surface area contributed by atoms with Gasteiger partial charge < -0.3 is 4.74 Å². The van der Waals surface area contributed by atoms with Crippen LogP contribution in [0.25, 0.3) is 0 Å². The second-order valence-electron chi connectivity index (χ2n) is 5.96. The van der Waals surface area contributed by atoms with Crippen LogP contribution in [0.15, 0.2) is 47.4 Å². The molecule has 28 heavy (non-hydrogen) atoms. The average Bonchev–Trinajstić information content (AvgIpc) is 2.60. The second kappa shape index (κ2) is 8.67. The summed E-state index contributed by atoms with van der Waals surface area (Å²) in [6.07, 6.45) is -4.40. The fourth-order valence-electron chi connectivity index (χ4n) is 2.29. The van der Waals surface area contributed by atoms with Crippen LogP contribution in [0.1, 0.15) is 16.7 Å². The third-order valence-electron chi connectivity index (χ3n) is 3.70. The Morgan fingerprint density at radius 2 is 1.71 bits per heavy atom. The van der Waals surface area contributed by atoms with Crippen molar-refractivity contribution in [3.05, 3.63) is 69.3 Å². The van der Waals surface area contributed by atoms with E-state index in [2.05, 4.69) is 9.46 Å². The van der Waals surface area contributed by atoms with Gasteiger partial charge in [-0.25, -0.2) is 13.1 Å². The Hall–Kier alpha value is -2.50. The summed E-state index contributed by atoms with van der Waals surface area (Å²) in [6.45, 7) is -0.141. The van der Waals surface area contributed by atoms with Crippen molar-refractivity contribution in [1.29, 1.82) is 0 Å². The maximum Gasteiger partial charge on any atom is 0.411 e. The van der Waals surface area contributed by atoms with Crippen LogP contribution < -0.4 is 4.72 Å². The number of nitrogens with one attached hydrogen (secondary N) is 1. The van der Waals surface area contributed by atoms with Gasteiger partial charge in [0.15, 0.2) is 0 Å². The number of halogens is 3. The van der Waals surface area contributed by atoms with Crippen molar-refractivity contribution in [2.75, 3.05) is 6.61 Å². The molecule has 0 saturated heterocycles. The number of alkyl halides is 3. The van der Waals surface area contributed by atoms with Crippen LogP contribution >= 0.6 is 0 Å². The van der Waals surface area contributed by atoms with E-state index in [-0.39, 0.29) is 23.7 Å². The molecule has 7 nitrogen and oxygen atoms in total. The second-order valence-corrected chi connectivity index (χ2v) is 7.69. The molecule has 0 amide bonds. The Bertz CT molecular complexity index is 944. The van der Waals surface area contributed by atoms with Gasteiger partial charge in [0.25, 0.3) is 5.69 Å². The van der Waals surface area contributed by atoms with Gasteiger partial charge in [0.2, 0.25) is 10.0 Å². The van der Waals surface area contributed by atoms with Crippen LogP contribution in [-0.4, -0.2) is 26.1 Å². The maximum atomic E-state index is 12.4. The van der Waals surface area contributed by atoms with Crippen molar-refractivity contribution in [3.63, 3.8) is 0 Å². The summed E-state index contributed by atoms with van der Waals surface area (Å²) in [5.41, 5.74) is 1.08. The van der Waals surface area contributed by atoms with E-state index in [1.165, 1.54) is 31.2 Å². The van der Waals surface area contributed by atoms with Crippen LogP contribution in [0, 0.1) is 17.0 Å². The highest BCUT2D eigenvalue weighted by Crippen LogP contribution is 2.22. The van der Waals surface area contributed by atoms with Gasteiger partial charge in [0, 0.05) is 18.7 Å². The summed E-state index contributed by atoms with van der Waals surface area (Å²) in [7, 11) is -3.99. The number of nitrogens with zero attached hydrogens (tertiary/aromatic N) is 1. The van der Waals surface area contributed by atoms with Gasteiger partial charge in [-0.05, 0) is 23.6 Å². The van der Waals surface area contributed by atoms with Crippen LogP contribution in [-0.2, 0) is 27.9 Å². The lowest BCUT2D eigenvalue weighted by Gasteiger charge is -2.10. The first-order valence-corrected chi connectivity index (χ1v) is 9.43. The van der Waals surface area contributed by atoms with E-state index in [0.29, 0.717) is 16.7 Å². The summed E-state index contributed by atoms with van der Waals surface area (Å²) >= 11 is 0. The van der Waals surface area contributed by atoms with Crippen LogP contribution in [0.4, 0.5) is 18.9 Å². The number of aryl methyl sites for hydroxylation is 1. The summed E-state index contributed by atoms with van der Waals surface area (Å²) in [4.78, 5) is 9.97. The molecule has 0 atom stereocenters. The summed E-state index contributed by atoms with van der Waals surface area (Å²) < 4.78 is 67.9. The van der Waals surface area contributed by atoms with E-state index in [1.807, 2.05) is 0 Å². The summed E-state index contributed by atoms with van der Waals surface area (Å²) in [5.74, 6) is 0. The van der Waals surface area contributed by atoms with Gasteiger partial charge in [-0.2, -0.15) is 13.2 Å². The van der Waals surface area contributed by atoms with Crippen molar-refractivity contribution >= 4 is 15.7 Å². The van der Waals surface area contributed by atoms with Gasteiger partial charge in [0.05, 0.1) is 16.4 Å². The van der Waals surface area contributed by atoms with Gasteiger partial charge in [-0.3, -0.25) is 10.1 Å². The molecule has 0 aliphatic carbocycles. The first-order valence-electron chi connectivity index (χ1n) is 7.95. The van der Waals surface area contributed by atoms with Crippen molar-refractivity contribution in [2.24, 2.45) is 0 Å².